The fourth-order valence-corrected chi connectivity index (χ4v) is 4.41. The van der Waals surface area contributed by atoms with E-state index in [4.69, 9.17) is 25.8 Å². The molecule has 0 spiro atoms. The van der Waals surface area contributed by atoms with E-state index in [2.05, 4.69) is 15.2 Å². The number of carbonyl (C=O) groups is 1. The molecule has 0 saturated carbocycles. The van der Waals surface area contributed by atoms with E-state index in [1.165, 1.54) is 43.4 Å². The third-order valence-electron chi connectivity index (χ3n) is 6.38. The number of methoxy groups -OCH3 is 2. The van der Waals surface area contributed by atoms with Crippen LogP contribution in [0.15, 0.2) is 54.7 Å². The molecule has 1 atom stereocenters. The van der Waals surface area contributed by atoms with Crippen LogP contribution in [0, 0.1) is 5.82 Å². The van der Waals surface area contributed by atoms with Gasteiger partial charge in [0, 0.05) is 24.6 Å². The van der Waals surface area contributed by atoms with Gasteiger partial charge in [-0.25, -0.2) is 9.37 Å². The summed E-state index contributed by atoms with van der Waals surface area (Å²) in [6.07, 6.45) is 2.16. The Labute approximate surface area is 236 Å². The zero-order valence-corrected chi connectivity index (χ0v) is 23.4. The molecule has 0 aliphatic carbocycles. The summed E-state index contributed by atoms with van der Waals surface area (Å²) in [4.78, 5) is 19.3. The topological polar surface area (TPSA) is 109 Å². The van der Waals surface area contributed by atoms with Gasteiger partial charge in [0.15, 0.2) is 22.9 Å². The van der Waals surface area contributed by atoms with Gasteiger partial charge in [-0.1, -0.05) is 18.5 Å². The molecule has 0 radical (unpaired) electrons. The van der Waals surface area contributed by atoms with Gasteiger partial charge in [-0.05, 0) is 61.4 Å². The molecule has 0 aliphatic heterocycles. The van der Waals surface area contributed by atoms with Crippen molar-refractivity contribution in [3.05, 3.63) is 82.5 Å². The van der Waals surface area contributed by atoms with Crippen LogP contribution in [0.25, 0.3) is 11.3 Å². The van der Waals surface area contributed by atoms with Crippen LogP contribution in [0.3, 0.4) is 0 Å². The van der Waals surface area contributed by atoms with Gasteiger partial charge < -0.3 is 19.3 Å². The van der Waals surface area contributed by atoms with Crippen molar-refractivity contribution < 1.29 is 28.5 Å². The van der Waals surface area contributed by atoms with Crippen molar-refractivity contribution in [2.75, 3.05) is 20.8 Å². The number of benzene rings is 2. The summed E-state index contributed by atoms with van der Waals surface area (Å²) >= 11 is 6.02. The van der Waals surface area contributed by atoms with E-state index in [1.807, 2.05) is 6.92 Å². The highest BCUT2D eigenvalue weighted by atomic mass is 35.5. The Hall–Kier alpha value is -4.02. The van der Waals surface area contributed by atoms with Gasteiger partial charge in [0.05, 0.1) is 37.7 Å². The number of pyridine rings is 1. The van der Waals surface area contributed by atoms with Crippen molar-refractivity contribution in [2.45, 2.75) is 31.8 Å². The largest absolute Gasteiger partial charge is 0.494 e. The molecule has 210 valence electrons. The molecule has 4 rings (SSSR count). The maximum Gasteiger partial charge on any atom is 0.163 e. The van der Waals surface area contributed by atoms with E-state index in [-0.39, 0.29) is 35.0 Å². The molecule has 1 unspecified atom stereocenters. The van der Waals surface area contributed by atoms with E-state index in [9.17, 15) is 14.3 Å². The molecule has 40 heavy (non-hydrogen) atoms. The van der Waals surface area contributed by atoms with Gasteiger partial charge in [-0.15, -0.1) is 0 Å². The number of ether oxygens (including phenoxy) is 3. The van der Waals surface area contributed by atoms with Gasteiger partial charge >= 0.3 is 0 Å². The van der Waals surface area contributed by atoms with E-state index < -0.39 is 11.4 Å². The van der Waals surface area contributed by atoms with Crippen molar-refractivity contribution in [3.8, 4) is 28.5 Å². The van der Waals surface area contributed by atoms with Crippen molar-refractivity contribution in [3.63, 3.8) is 0 Å². The number of aryl methyl sites for hydroxylation is 1. The number of Topliss-reactive ketones (excluding diaryl/α,β-unsaturated/α-hetero) is 1. The molecule has 4 aromatic rings. The summed E-state index contributed by atoms with van der Waals surface area (Å²) in [5, 5.41) is 20.4. The molecule has 0 saturated heterocycles. The van der Waals surface area contributed by atoms with Crippen molar-refractivity contribution in [1.82, 2.24) is 20.0 Å². The van der Waals surface area contributed by atoms with Gasteiger partial charge in [-0.2, -0.15) is 15.0 Å². The fourth-order valence-electron chi connectivity index (χ4n) is 4.23. The lowest BCUT2D eigenvalue weighted by Crippen LogP contribution is -2.30. The highest BCUT2D eigenvalue weighted by Crippen LogP contribution is 2.38. The summed E-state index contributed by atoms with van der Waals surface area (Å²) in [5.74, 6) is 0.593. The quantitative estimate of drug-likeness (QED) is 0.227. The Morgan fingerprint density at radius 3 is 2.45 bits per heavy atom. The lowest BCUT2D eigenvalue weighted by atomic mass is 9.87. The highest BCUT2D eigenvalue weighted by molar-refractivity contribution is 6.31. The Morgan fingerprint density at radius 1 is 1.05 bits per heavy atom. The van der Waals surface area contributed by atoms with Gasteiger partial charge in [0.1, 0.15) is 23.0 Å². The smallest absolute Gasteiger partial charge is 0.163 e. The first-order chi connectivity index (χ1) is 19.2. The molecule has 0 amide bonds. The number of aromatic nitrogens is 4. The Bertz CT molecular complexity index is 1510. The number of carbonyl (C=O) groups excluding carboxylic acids is 1. The molecular formula is C29H30ClFN4O5. The van der Waals surface area contributed by atoms with Crippen LogP contribution in [0.2, 0.25) is 5.02 Å². The Morgan fingerprint density at radius 2 is 1.80 bits per heavy atom. The van der Waals surface area contributed by atoms with Crippen LogP contribution in [0.5, 0.6) is 17.2 Å². The van der Waals surface area contributed by atoms with Crippen LogP contribution >= 0.6 is 11.6 Å². The molecule has 1 N–H and O–H groups in total. The second-order valence-electron chi connectivity index (χ2n) is 9.09. The average Bonchev–Trinajstić information content (AvgIpc) is 3.42. The molecule has 0 bridgehead atoms. The first kappa shape index (κ1) is 29.0. The predicted molar refractivity (Wildman–Crippen MR) is 148 cm³/mol. The second kappa shape index (κ2) is 12.4. The zero-order chi connectivity index (χ0) is 28.9. The van der Waals surface area contributed by atoms with E-state index >= 15 is 0 Å². The minimum absolute atomic E-state index is 0.0448. The summed E-state index contributed by atoms with van der Waals surface area (Å²) in [6.45, 7) is 2.52. The minimum atomic E-state index is -1.79. The molecule has 2 heterocycles. The van der Waals surface area contributed by atoms with Crippen LogP contribution in [0.4, 0.5) is 4.39 Å². The predicted octanol–water partition coefficient (Wildman–Crippen LogP) is 5.37. The molecule has 0 aliphatic rings. The molecule has 11 heteroatoms. The van der Waals surface area contributed by atoms with Crippen molar-refractivity contribution in [1.29, 1.82) is 0 Å². The molecule has 2 aromatic carbocycles. The van der Waals surface area contributed by atoms with Crippen LogP contribution < -0.4 is 14.2 Å². The summed E-state index contributed by atoms with van der Waals surface area (Å²) < 4.78 is 30.4. The van der Waals surface area contributed by atoms with Crippen molar-refractivity contribution in [2.24, 2.45) is 7.05 Å². The number of rotatable bonds is 12. The third-order valence-corrected chi connectivity index (χ3v) is 6.67. The number of ketones is 1. The molecular weight excluding hydrogens is 539 g/mol. The Balaban J connectivity index is 1.69. The fraction of sp³-hybridized carbons (Fsp3) is 0.310. The zero-order valence-electron chi connectivity index (χ0n) is 22.6. The van der Waals surface area contributed by atoms with Gasteiger partial charge in [0.25, 0.3) is 0 Å². The first-order valence-corrected chi connectivity index (χ1v) is 13.0. The summed E-state index contributed by atoms with van der Waals surface area (Å²) in [5.41, 5.74) is -0.139. The summed E-state index contributed by atoms with van der Waals surface area (Å²) in [7, 11) is 4.61. The standard InChI is InChI=1S/C29H30ClFN4O5/c1-5-14-40-23-9-7-18(16-25(23)39-4)22(36)12-13-29(37,27-17-32-35(2)34-27)26-11-10-24(38-3)28(33-26)19-6-8-21(31)20(30)15-19/h6-11,15-17,37H,5,12-14H2,1-4H3. The monoisotopic (exact) mass is 568 g/mol. The molecule has 0 fully saturated rings. The van der Waals surface area contributed by atoms with Gasteiger partial charge in [0.2, 0.25) is 0 Å². The van der Waals surface area contributed by atoms with Crippen LogP contribution in [0.1, 0.15) is 47.9 Å². The SMILES string of the molecule is CCCOc1ccc(C(=O)CCC(O)(c2ccc(OC)c(-c3ccc(F)c(Cl)c3)n2)c2cnn(C)n2)cc1OC. The highest BCUT2D eigenvalue weighted by Gasteiger charge is 2.37. The second-order valence-corrected chi connectivity index (χ2v) is 9.50. The van der Waals surface area contributed by atoms with Crippen LogP contribution in [-0.2, 0) is 12.6 Å². The maximum absolute atomic E-state index is 13.8. The van der Waals surface area contributed by atoms with E-state index in [0.717, 1.165) is 6.42 Å². The molecule has 9 nitrogen and oxygen atoms in total. The number of halogens is 2. The number of nitrogens with zero attached hydrogens (tertiary/aromatic N) is 4. The summed E-state index contributed by atoms with van der Waals surface area (Å²) in [6, 6.07) is 12.4. The maximum atomic E-state index is 13.8. The van der Waals surface area contributed by atoms with Crippen molar-refractivity contribution >= 4 is 17.4 Å². The first-order valence-electron chi connectivity index (χ1n) is 12.6. The number of hydrogen-bond acceptors (Lipinski definition) is 8. The average molecular weight is 569 g/mol. The van der Waals surface area contributed by atoms with E-state index in [0.29, 0.717) is 40.7 Å². The normalized spacial score (nSPS) is 12.6. The lowest BCUT2D eigenvalue weighted by molar-refractivity contribution is 0.0556. The lowest BCUT2D eigenvalue weighted by Gasteiger charge is -2.26. The van der Waals surface area contributed by atoms with Gasteiger partial charge in [-0.3, -0.25) is 4.79 Å². The number of aliphatic hydroxyl groups is 1. The Kier molecular flexibility index (Phi) is 9.01. The van der Waals surface area contributed by atoms with E-state index in [1.54, 1.807) is 37.4 Å². The minimum Gasteiger partial charge on any atom is -0.494 e. The van der Waals surface area contributed by atoms with Crippen LogP contribution in [-0.4, -0.2) is 51.7 Å². The third kappa shape index (κ3) is 6.08. The number of hydrogen-bond donors (Lipinski definition) is 1. The molecule has 2 aromatic heterocycles.